The maximum absolute atomic E-state index is 12.9. The molecule has 10 heteroatoms. The SMILES string of the molecule is O=C(O)c1csc([C@H]2CC[C@@H]3[C@@H](COc4cccc(C(F)(F)F)c4)[C@H](O)C[C@@H]3O2)n1. The Morgan fingerprint density at radius 1 is 1.33 bits per heavy atom. The Balaban J connectivity index is 1.39. The maximum Gasteiger partial charge on any atom is 0.416 e. The molecule has 0 amide bonds. The number of benzene rings is 1. The van der Waals surface area contributed by atoms with E-state index in [4.69, 9.17) is 14.6 Å². The fourth-order valence-electron chi connectivity index (χ4n) is 4.23. The maximum atomic E-state index is 12.9. The summed E-state index contributed by atoms with van der Waals surface area (Å²) in [5.41, 5.74) is -0.794. The van der Waals surface area contributed by atoms with Crippen LogP contribution in [-0.4, -0.2) is 40.0 Å². The third-order valence-corrected chi connectivity index (χ3v) is 6.65. The highest BCUT2D eigenvalue weighted by Crippen LogP contribution is 2.46. The van der Waals surface area contributed by atoms with E-state index < -0.39 is 23.8 Å². The molecule has 2 fully saturated rings. The third kappa shape index (κ3) is 4.30. The van der Waals surface area contributed by atoms with Gasteiger partial charge in [-0.3, -0.25) is 0 Å². The van der Waals surface area contributed by atoms with Crippen molar-refractivity contribution in [2.24, 2.45) is 11.8 Å². The number of carboxylic acid groups (broad SMARTS) is 1. The first-order chi connectivity index (χ1) is 14.2. The second kappa shape index (κ2) is 8.16. The van der Waals surface area contributed by atoms with Gasteiger partial charge < -0.3 is 19.7 Å². The molecule has 30 heavy (non-hydrogen) atoms. The minimum Gasteiger partial charge on any atom is -0.493 e. The van der Waals surface area contributed by atoms with Crippen molar-refractivity contribution in [2.45, 2.75) is 43.8 Å². The quantitative estimate of drug-likeness (QED) is 0.722. The van der Waals surface area contributed by atoms with Crippen LogP contribution in [0, 0.1) is 11.8 Å². The van der Waals surface area contributed by atoms with Crippen LogP contribution in [0.15, 0.2) is 29.6 Å². The van der Waals surface area contributed by atoms with Crippen molar-refractivity contribution in [1.29, 1.82) is 0 Å². The van der Waals surface area contributed by atoms with Crippen molar-refractivity contribution >= 4 is 17.3 Å². The van der Waals surface area contributed by atoms with Crippen LogP contribution >= 0.6 is 11.3 Å². The number of alkyl halides is 3. The number of halogens is 3. The number of rotatable bonds is 5. The van der Waals surface area contributed by atoms with Crippen LogP contribution in [0.25, 0.3) is 0 Å². The Morgan fingerprint density at radius 2 is 2.13 bits per heavy atom. The average molecular weight is 443 g/mol. The molecule has 5 atom stereocenters. The summed E-state index contributed by atoms with van der Waals surface area (Å²) >= 11 is 1.23. The summed E-state index contributed by atoms with van der Waals surface area (Å²) in [5.74, 6) is -1.22. The van der Waals surface area contributed by atoms with E-state index >= 15 is 0 Å². The van der Waals surface area contributed by atoms with Crippen molar-refractivity contribution in [3.05, 3.63) is 45.9 Å². The smallest absolute Gasteiger partial charge is 0.416 e. The van der Waals surface area contributed by atoms with Gasteiger partial charge in [-0.1, -0.05) is 6.07 Å². The second-order valence-corrected chi connectivity index (χ2v) is 8.47. The number of aromatic nitrogens is 1. The molecule has 2 aliphatic rings. The third-order valence-electron chi connectivity index (χ3n) is 5.72. The van der Waals surface area contributed by atoms with E-state index in [2.05, 4.69) is 4.98 Å². The number of ether oxygens (including phenoxy) is 2. The van der Waals surface area contributed by atoms with E-state index in [0.717, 1.165) is 18.6 Å². The van der Waals surface area contributed by atoms with E-state index in [-0.39, 0.29) is 42.1 Å². The van der Waals surface area contributed by atoms with Gasteiger partial charge in [0.1, 0.15) is 16.9 Å². The molecule has 4 rings (SSSR count). The number of hydrogen-bond acceptors (Lipinski definition) is 6. The Labute approximate surface area is 174 Å². The molecule has 1 saturated carbocycles. The Bertz CT molecular complexity index is 918. The Morgan fingerprint density at radius 3 is 2.83 bits per heavy atom. The number of carboxylic acids is 1. The molecule has 2 aromatic rings. The van der Waals surface area contributed by atoms with Crippen LogP contribution in [0.2, 0.25) is 0 Å². The average Bonchev–Trinajstić information content (AvgIpc) is 3.30. The summed E-state index contributed by atoms with van der Waals surface area (Å²) < 4.78 is 50.3. The van der Waals surface area contributed by atoms with Gasteiger partial charge in [0.25, 0.3) is 0 Å². The molecule has 6 nitrogen and oxygen atoms in total. The molecule has 2 N–H and O–H groups in total. The van der Waals surface area contributed by atoms with Crippen molar-refractivity contribution < 1.29 is 37.7 Å². The van der Waals surface area contributed by atoms with Gasteiger partial charge in [0, 0.05) is 17.7 Å². The van der Waals surface area contributed by atoms with Gasteiger partial charge >= 0.3 is 12.1 Å². The Hall–Kier alpha value is -2.17. The van der Waals surface area contributed by atoms with E-state index in [1.54, 1.807) is 0 Å². The first kappa shape index (κ1) is 21.1. The van der Waals surface area contributed by atoms with Gasteiger partial charge in [-0.05, 0) is 37.0 Å². The predicted octanol–water partition coefficient (Wildman–Crippen LogP) is 4.16. The van der Waals surface area contributed by atoms with E-state index in [0.29, 0.717) is 17.8 Å². The van der Waals surface area contributed by atoms with Gasteiger partial charge in [-0.15, -0.1) is 11.3 Å². The molecule has 1 aromatic heterocycles. The summed E-state index contributed by atoms with van der Waals surface area (Å²) in [6.45, 7) is 0.0953. The van der Waals surface area contributed by atoms with Crippen molar-refractivity contribution in [1.82, 2.24) is 4.98 Å². The molecule has 0 radical (unpaired) electrons. The summed E-state index contributed by atoms with van der Waals surface area (Å²) in [6, 6.07) is 4.69. The molecule has 0 unspecified atom stereocenters. The van der Waals surface area contributed by atoms with Crippen LogP contribution in [0.3, 0.4) is 0 Å². The highest BCUT2D eigenvalue weighted by molar-refractivity contribution is 7.09. The summed E-state index contributed by atoms with van der Waals surface area (Å²) in [7, 11) is 0. The number of carbonyl (C=O) groups is 1. The zero-order chi connectivity index (χ0) is 21.5. The number of hydrogen-bond donors (Lipinski definition) is 2. The van der Waals surface area contributed by atoms with Crippen LogP contribution in [0.1, 0.15) is 46.4 Å². The standard InChI is InChI=1S/C20H20F3NO5S/c21-20(22,23)10-2-1-3-11(6-10)28-8-13-12-4-5-16(29-17(12)7-15(13)25)18-24-14(9-30-18)19(26)27/h1-3,6,9,12-13,15-17,25H,4-5,7-8H2,(H,26,27)/t12-,13-,15-,16-,17+/m1/s1. The van der Waals surface area contributed by atoms with Crippen molar-refractivity contribution in [3.8, 4) is 5.75 Å². The number of aliphatic hydroxyl groups is 1. The molecule has 0 spiro atoms. The summed E-state index contributed by atoms with van der Waals surface area (Å²) in [5, 5.41) is 21.6. The lowest BCUT2D eigenvalue weighted by molar-refractivity contribution is -0.137. The lowest BCUT2D eigenvalue weighted by atomic mass is 9.87. The van der Waals surface area contributed by atoms with Crippen LogP contribution in [0.4, 0.5) is 13.2 Å². The van der Waals surface area contributed by atoms with Gasteiger partial charge in [0.05, 0.1) is 24.4 Å². The van der Waals surface area contributed by atoms with E-state index in [1.165, 1.54) is 28.8 Å². The van der Waals surface area contributed by atoms with E-state index in [1.807, 2.05) is 0 Å². The highest BCUT2D eigenvalue weighted by Gasteiger charge is 2.47. The molecule has 1 aliphatic carbocycles. The first-order valence-corrected chi connectivity index (χ1v) is 10.4. The molecule has 2 heterocycles. The largest absolute Gasteiger partial charge is 0.493 e. The Kier molecular flexibility index (Phi) is 5.73. The van der Waals surface area contributed by atoms with E-state index in [9.17, 15) is 23.1 Å². The van der Waals surface area contributed by atoms with Gasteiger partial charge in [-0.25, -0.2) is 9.78 Å². The van der Waals surface area contributed by atoms with Gasteiger partial charge in [0.15, 0.2) is 5.69 Å². The van der Waals surface area contributed by atoms with Crippen molar-refractivity contribution in [2.75, 3.05) is 6.61 Å². The number of nitrogens with zero attached hydrogens (tertiary/aromatic N) is 1. The lowest BCUT2D eigenvalue weighted by Crippen LogP contribution is -2.33. The fraction of sp³-hybridized carbons (Fsp3) is 0.500. The lowest BCUT2D eigenvalue weighted by Gasteiger charge is -2.33. The van der Waals surface area contributed by atoms with Gasteiger partial charge in [-0.2, -0.15) is 13.2 Å². The van der Waals surface area contributed by atoms with Crippen molar-refractivity contribution in [3.63, 3.8) is 0 Å². The number of thiazole rings is 1. The molecular weight excluding hydrogens is 423 g/mol. The van der Waals surface area contributed by atoms with Crippen LogP contribution in [0.5, 0.6) is 5.75 Å². The zero-order valence-electron chi connectivity index (χ0n) is 15.7. The summed E-state index contributed by atoms with van der Waals surface area (Å²) in [4.78, 5) is 15.1. The zero-order valence-corrected chi connectivity index (χ0v) is 16.5. The topological polar surface area (TPSA) is 88.9 Å². The molecule has 162 valence electrons. The number of aromatic carboxylic acids is 1. The fourth-order valence-corrected chi connectivity index (χ4v) is 5.09. The minimum atomic E-state index is -4.44. The normalized spacial score (nSPS) is 28.9. The number of aliphatic hydroxyl groups excluding tert-OH is 1. The molecular formula is C20H20F3NO5S. The predicted molar refractivity (Wildman–Crippen MR) is 100 cm³/mol. The first-order valence-electron chi connectivity index (χ1n) is 9.54. The molecule has 1 saturated heterocycles. The van der Waals surface area contributed by atoms with Crippen LogP contribution < -0.4 is 4.74 Å². The molecule has 0 bridgehead atoms. The van der Waals surface area contributed by atoms with Crippen LogP contribution in [-0.2, 0) is 10.9 Å². The minimum absolute atomic E-state index is 0.0143. The summed E-state index contributed by atoms with van der Waals surface area (Å²) in [6.07, 6.45) is -3.93. The second-order valence-electron chi connectivity index (χ2n) is 7.58. The van der Waals surface area contributed by atoms with Gasteiger partial charge in [0.2, 0.25) is 0 Å². The monoisotopic (exact) mass is 443 g/mol. The highest BCUT2D eigenvalue weighted by atomic mass is 32.1. The molecule has 1 aliphatic heterocycles. The number of fused-ring (bicyclic) bond motifs is 1. The molecule has 1 aromatic carbocycles.